The third-order valence-electron chi connectivity index (χ3n) is 8.43. The molecule has 8 rings (SSSR count). The number of benzene rings is 1. The van der Waals surface area contributed by atoms with Crippen LogP contribution >= 0.6 is 0 Å². The fraction of sp³-hybridized carbons (Fsp3) is 0.345. The molecule has 0 spiro atoms. The fourth-order valence-electron chi connectivity index (χ4n) is 5.94. The Balaban J connectivity index is 1.23. The van der Waals surface area contributed by atoms with Crippen molar-refractivity contribution in [2.75, 3.05) is 36.9 Å². The Morgan fingerprint density at radius 3 is 2.59 bits per heavy atom. The number of hydrogen-bond donors (Lipinski definition) is 4. The topological polar surface area (TPSA) is 141 Å². The van der Waals surface area contributed by atoms with Gasteiger partial charge in [-0.1, -0.05) is 17.3 Å². The number of nitrogens with zero attached hydrogens (tertiary/aromatic N) is 5. The van der Waals surface area contributed by atoms with Gasteiger partial charge in [0.2, 0.25) is 0 Å². The predicted octanol–water partition coefficient (Wildman–Crippen LogP) is 3.54. The fourth-order valence-corrected chi connectivity index (χ4v) is 5.94. The monoisotopic (exact) mass is 556 g/mol. The number of fused-ring (bicyclic) bond motifs is 4. The summed E-state index contributed by atoms with van der Waals surface area (Å²) in [5.74, 6) is 1.58. The molecule has 4 aliphatic heterocycles. The molecule has 4 aromatic rings. The molecule has 210 valence electrons. The van der Waals surface area contributed by atoms with E-state index in [9.17, 15) is 14.3 Å². The molecule has 41 heavy (non-hydrogen) atoms. The summed E-state index contributed by atoms with van der Waals surface area (Å²) in [6.07, 6.45) is 4.65. The molecule has 11 nitrogen and oxygen atoms in total. The lowest BCUT2D eigenvalue weighted by molar-refractivity contribution is 0.0747. The van der Waals surface area contributed by atoms with E-state index in [1.807, 2.05) is 0 Å². The summed E-state index contributed by atoms with van der Waals surface area (Å²) in [6.45, 7) is 3.25. The summed E-state index contributed by atoms with van der Waals surface area (Å²) in [4.78, 5) is 28.4. The van der Waals surface area contributed by atoms with Crippen molar-refractivity contribution in [1.29, 1.82) is 0 Å². The number of aromatic nitrogens is 4. The van der Waals surface area contributed by atoms with Crippen molar-refractivity contribution < 1.29 is 18.8 Å². The van der Waals surface area contributed by atoms with Crippen molar-refractivity contribution in [2.45, 2.75) is 37.3 Å². The Kier molecular flexibility index (Phi) is 6.36. The number of carbonyl (C=O) groups is 1. The molecule has 3 saturated heterocycles. The van der Waals surface area contributed by atoms with Crippen molar-refractivity contribution >= 4 is 23.2 Å². The Morgan fingerprint density at radius 1 is 1.05 bits per heavy atom. The Labute approximate surface area is 235 Å². The van der Waals surface area contributed by atoms with E-state index in [1.54, 1.807) is 36.5 Å². The predicted molar refractivity (Wildman–Crippen MR) is 148 cm³/mol. The van der Waals surface area contributed by atoms with Gasteiger partial charge in [-0.15, -0.1) is 0 Å². The van der Waals surface area contributed by atoms with Gasteiger partial charge in [-0.2, -0.15) is 4.98 Å². The highest BCUT2D eigenvalue weighted by Gasteiger charge is 2.44. The van der Waals surface area contributed by atoms with Gasteiger partial charge < -0.3 is 30.5 Å². The second-order valence-electron chi connectivity index (χ2n) is 10.8. The minimum Gasteiger partial charge on any atom is -0.394 e. The van der Waals surface area contributed by atoms with E-state index in [4.69, 9.17) is 9.51 Å². The lowest BCUT2D eigenvalue weighted by atomic mass is 9.71. The van der Waals surface area contributed by atoms with Gasteiger partial charge in [-0.05, 0) is 68.7 Å². The third kappa shape index (κ3) is 4.78. The third-order valence-corrected chi connectivity index (χ3v) is 8.43. The Bertz CT molecular complexity index is 1590. The first-order valence-corrected chi connectivity index (χ1v) is 13.7. The number of aliphatic hydroxyl groups is 1. The molecule has 1 amide bonds. The SMILES string of the molecule is O=C1NCc2nc(Nc3cc(N[C@H](CO)c4ccc(F)cc4)c(-c4nc(C56CCN(CC5)CC6)no4)cn3)ccc21. The van der Waals surface area contributed by atoms with Crippen LogP contribution in [0.1, 0.15) is 52.7 Å². The summed E-state index contributed by atoms with van der Waals surface area (Å²) in [6, 6.07) is 10.7. The molecule has 3 aromatic heterocycles. The van der Waals surface area contributed by atoms with Crippen LogP contribution < -0.4 is 16.0 Å². The molecule has 0 aliphatic carbocycles. The second-order valence-corrected chi connectivity index (χ2v) is 10.8. The van der Waals surface area contributed by atoms with Crippen LogP contribution in [0.15, 0.2) is 53.2 Å². The van der Waals surface area contributed by atoms with Crippen LogP contribution in [-0.2, 0) is 12.0 Å². The number of pyridine rings is 2. The quantitative estimate of drug-likeness (QED) is 0.255. The molecule has 0 radical (unpaired) electrons. The minimum atomic E-state index is -0.538. The Hall–Kier alpha value is -4.42. The summed E-state index contributed by atoms with van der Waals surface area (Å²) in [5, 5.41) is 24.0. The smallest absolute Gasteiger partial charge is 0.261 e. The standard InChI is InChI=1S/C29H29FN8O3/c30-18-3-1-17(2-4-18)23(16-39)33-21-13-25(35-24-6-5-19-22(34-24)15-32-26(19)40)31-14-20(21)27-36-28(37-41-27)29-7-10-38(11-8-29)12-9-29/h1-6,13-14,23,39H,7-12,15-16H2,(H,32,40)(H2,31,33,34,35)/t23-/m1/s1. The Morgan fingerprint density at radius 2 is 1.83 bits per heavy atom. The van der Waals surface area contributed by atoms with Gasteiger partial charge in [0.25, 0.3) is 11.8 Å². The van der Waals surface area contributed by atoms with E-state index >= 15 is 0 Å². The van der Waals surface area contributed by atoms with Gasteiger partial charge in [-0.25, -0.2) is 14.4 Å². The number of piperidine rings is 3. The molecular formula is C29H29FN8O3. The van der Waals surface area contributed by atoms with Crippen molar-refractivity contribution in [3.8, 4) is 11.5 Å². The summed E-state index contributed by atoms with van der Waals surface area (Å²) in [5.41, 5.74) is 3.03. The first-order valence-electron chi connectivity index (χ1n) is 13.7. The highest BCUT2D eigenvalue weighted by atomic mass is 19.1. The molecule has 0 unspecified atom stereocenters. The van der Waals surface area contributed by atoms with E-state index in [1.165, 1.54) is 12.1 Å². The maximum Gasteiger partial charge on any atom is 0.261 e. The number of anilines is 3. The van der Waals surface area contributed by atoms with Crippen LogP contribution in [0.3, 0.4) is 0 Å². The zero-order valence-electron chi connectivity index (χ0n) is 22.2. The number of amides is 1. The molecule has 0 saturated carbocycles. The summed E-state index contributed by atoms with van der Waals surface area (Å²) in [7, 11) is 0. The number of nitrogens with one attached hydrogen (secondary N) is 3. The molecule has 1 atom stereocenters. The minimum absolute atomic E-state index is 0.0732. The number of carbonyl (C=O) groups excluding carboxylic acids is 1. The zero-order chi connectivity index (χ0) is 28.0. The van der Waals surface area contributed by atoms with Crippen molar-refractivity contribution in [1.82, 2.24) is 30.3 Å². The number of rotatable bonds is 8. The number of halogens is 1. The highest BCUT2D eigenvalue weighted by molar-refractivity contribution is 5.98. The first kappa shape index (κ1) is 25.5. The summed E-state index contributed by atoms with van der Waals surface area (Å²) >= 11 is 0. The molecular weight excluding hydrogens is 527 g/mol. The molecule has 12 heteroatoms. The average molecular weight is 557 g/mol. The van der Waals surface area contributed by atoms with Gasteiger partial charge in [0.1, 0.15) is 17.5 Å². The normalized spacial score (nSPS) is 21.8. The lowest BCUT2D eigenvalue weighted by Crippen LogP contribution is -2.51. The van der Waals surface area contributed by atoms with Crippen molar-refractivity contribution in [2.24, 2.45) is 0 Å². The zero-order valence-corrected chi connectivity index (χ0v) is 22.2. The number of hydrogen-bond acceptors (Lipinski definition) is 10. The van der Waals surface area contributed by atoms with E-state index in [0.29, 0.717) is 52.1 Å². The number of aliphatic hydroxyl groups excluding tert-OH is 1. The van der Waals surface area contributed by atoms with Crippen LogP contribution in [0.4, 0.5) is 21.7 Å². The van der Waals surface area contributed by atoms with Crippen molar-refractivity contribution in [3.05, 3.63) is 77.1 Å². The van der Waals surface area contributed by atoms with E-state index in [0.717, 1.165) is 44.7 Å². The average Bonchev–Trinajstić information content (AvgIpc) is 3.65. The van der Waals surface area contributed by atoms with Crippen molar-refractivity contribution in [3.63, 3.8) is 0 Å². The largest absolute Gasteiger partial charge is 0.394 e. The maximum absolute atomic E-state index is 13.6. The molecule has 3 fully saturated rings. The van der Waals surface area contributed by atoms with Gasteiger partial charge in [0.05, 0.1) is 41.7 Å². The van der Waals surface area contributed by atoms with E-state index in [-0.39, 0.29) is 23.7 Å². The molecule has 4 aliphatic rings. The van der Waals surface area contributed by atoms with Gasteiger partial charge in [0, 0.05) is 17.7 Å². The van der Waals surface area contributed by atoms with Gasteiger partial charge in [0.15, 0.2) is 5.82 Å². The first-order chi connectivity index (χ1) is 20.0. The second kappa shape index (κ2) is 10.2. The van der Waals surface area contributed by atoms with Crippen LogP contribution in [0.2, 0.25) is 0 Å². The summed E-state index contributed by atoms with van der Waals surface area (Å²) < 4.78 is 19.4. The van der Waals surface area contributed by atoms with Gasteiger partial charge >= 0.3 is 0 Å². The van der Waals surface area contributed by atoms with Gasteiger partial charge in [-0.3, -0.25) is 4.79 Å². The van der Waals surface area contributed by atoms with Crippen LogP contribution in [0, 0.1) is 5.82 Å². The maximum atomic E-state index is 13.6. The van der Waals surface area contributed by atoms with E-state index < -0.39 is 6.04 Å². The van der Waals surface area contributed by atoms with Crippen LogP contribution in [-0.4, -0.2) is 62.3 Å². The van der Waals surface area contributed by atoms with E-state index in [2.05, 4.69) is 36.0 Å². The lowest BCUT2D eigenvalue weighted by Gasteiger charge is -2.46. The molecule has 2 bridgehead atoms. The molecule has 4 N–H and O–H groups in total. The van der Waals surface area contributed by atoms with Crippen LogP contribution in [0.5, 0.6) is 0 Å². The molecule has 1 aromatic carbocycles. The highest BCUT2D eigenvalue weighted by Crippen LogP contribution is 2.42. The van der Waals surface area contributed by atoms with Crippen LogP contribution in [0.25, 0.3) is 11.5 Å². The molecule has 7 heterocycles.